The first-order valence-corrected chi connectivity index (χ1v) is 9.54. The molecule has 0 fully saturated rings. The smallest absolute Gasteiger partial charge is 0.274 e. The second kappa shape index (κ2) is 6.69. The number of nitrogens with zero attached hydrogens (tertiary/aromatic N) is 2. The number of rotatable bonds is 5. The highest BCUT2D eigenvalue weighted by atomic mass is 32.2. The third-order valence-corrected chi connectivity index (χ3v) is 5.20. The molecule has 0 amide bonds. The molecule has 0 saturated heterocycles. The van der Waals surface area contributed by atoms with Crippen LogP contribution in [0.15, 0.2) is 52.2 Å². The van der Waals surface area contributed by atoms with Crippen LogP contribution in [0.2, 0.25) is 0 Å². The van der Waals surface area contributed by atoms with Gasteiger partial charge in [0.2, 0.25) is 0 Å². The Morgan fingerprint density at radius 3 is 2.69 bits per heavy atom. The van der Waals surface area contributed by atoms with E-state index >= 15 is 0 Å². The monoisotopic (exact) mass is 370 g/mol. The Bertz CT molecular complexity index is 1170. The van der Waals surface area contributed by atoms with Crippen LogP contribution in [0.5, 0.6) is 0 Å². The Labute approximate surface area is 150 Å². The zero-order valence-corrected chi connectivity index (χ0v) is 15.2. The lowest BCUT2D eigenvalue weighted by Gasteiger charge is -2.08. The average molecular weight is 370 g/mol. The minimum absolute atomic E-state index is 0.0112. The number of H-pyrrole nitrogens is 1. The van der Waals surface area contributed by atoms with Crippen LogP contribution in [-0.2, 0) is 16.6 Å². The van der Waals surface area contributed by atoms with E-state index in [0.717, 1.165) is 0 Å². The molecule has 0 aliphatic rings. The summed E-state index contributed by atoms with van der Waals surface area (Å²) in [5, 5.41) is 12.4. The van der Waals surface area contributed by atoms with Crippen molar-refractivity contribution in [3.8, 4) is 6.07 Å². The maximum atomic E-state index is 12.5. The van der Waals surface area contributed by atoms with Crippen LogP contribution in [0.1, 0.15) is 19.4 Å². The number of sulfonamides is 1. The topological polar surface area (TPSA) is 108 Å². The van der Waals surface area contributed by atoms with E-state index in [4.69, 9.17) is 5.26 Å². The summed E-state index contributed by atoms with van der Waals surface area (Å²) in [5.41, 5.74) is 0.990. The minimum atomic E-state index is -3.86. The molecule has 3 rings (SSSR count). The molecule has 0 aliphatic heterocycles. The van der Waals surface area contributed by atoms with E-state index in [1.165, 1.54) is 35.0 Å². The number of aromatic amines is 1. The number of nitriles is 1. The van der Waals surface area contributed by atoms with Crippen LogP contribution < -0.4 is 10.3 Å². The molecule has 3 aromatic rings. The van der Waals surface area contributed by atoms with Crippen molar-refractivity contribution in [1.29, 1.82) is 5.26 Å². The summed E-state index contributed by atoms with van der Waals surface area (Å²) in [7, 11) is -3.86. The first-order valence-electron chi connectivity index (χ1n) is 8.06. The summed E-state index contributed by atoms with van der Waals surface area (Å²) in [6, 6.07) is 12.4. The third kappa shape index (κ3) is 3.48. The van der Waals surface area contributed by atoms with Gasteiger partial charge in [0.15, 0.2) is 0 Å². The van der Waals surface area contributed by atoms with Gasteiger partial charge in [0.1, 0.15) is 0 Å². The maximum absolute atomic E-state index is 12.5. The van der Waals surface area contributed by atoms with Gasteiger partial charge < -0.3 is 0 Å². The van der Waals surface area contributed by atoms with Crippen LogP contribution in [0.4, 0.5) is 5.69 Å². The fraction of sp³-hybridized carbons (Fsp3) is 0.222. The molecule has 0 bridgehead atoms. The Morgan fingerprint density at radius 2 is 2.00 bits per heavy atom. The summed E-state index contributed by atoms with van der Waals surface area (Å²) < 4.78 is 29.0. The number of aromatic nitrogens is 2. The molecule has 1 heterocycles. The van der Waals surface area contributed by atoms with Gasteiger partial charge in [0.05, 0.1) is 27.4 Å². The zero-order valence-electron chi connectivity index (χ0n) is 14.4. The number of fused-ring (bicyclic) bond motifs is 1. The van der Waals surface area contributed by atoms with Crippen LogP contribution in [0.3, 0.4) is 0 Å². The molecular weight excluding hydrogens is 352 g/mol. The highest BCUT2D eigenvalue weighted by Crippen LogP contribution is 2.20. The largest absolute Gasteiger partial charge is 0.295 e. The molecular formula is C18H18N4O3S. The minimum Gasteiger partial charge on any atom is -0.295 e. The van der Waals surface area contributed by atoms with Crippen molar-refractivity contribution in [3.63, 3.8) is 0 Å². The molecule has 0 aliphatic carbocycles. The predicted octanol–water partition coefficient (Wildman–Crippen LogP) is 2.66. The van der Waals surface area contributed by atoms with E-state index < -0.39 is 10.0 Å². The Morgan fingerprint density at radius 1 is 1.23 bits per heavy atom. The lowest BCUT2D eigenvalue weighted by atomic mass is 10.2. The molecule has 0 unspecified atom stereocenters. The SMILES string of the molecule is CC(C)Cn1[nH]c2ccc(NS(=O)(=O)c3cccc(C#N)c3)cc2c1=O. The predicted molar refractivity (Wildman–Crippen MR) is 99.4 cm³/mol. The summed E-state index contributed by atoms with van der Waals surface area (Å²) in [6.45, 7) is 4.56. The van der Waals surface area contributed by atoms with Crippen molar-refractivity contribution in [3.05, 3.63) is 58.4 Å². The first kappa shape index (κ1) is 17.8. The van der Waals surface area contributed by atoms with E-state index in [9.17, 15) is 13.2 Å². The molecule has 2 N–H and O–H groups in total. The quantitative estimate of drug-likeness (QED) is 0.720. The first-order chi connectivity index (χ1) is 12.3. The molecule has 0 spiro atoms. The number of hydrogen-bond donors (Lipinski definition) is 2. The van der Waals surface area contributed by atoms with Gasteiger partial charge in [-0.25, -0.2) is 8.42 Å². The molecule has 8 heteroatoms. The molecule has 2 aromatic carbocycles. The van der Waals surface area contributed by atoms with E-state index in [1.807, 2.05) is 19.9 Å². The highest BCUT2D eigenvalue weighted by Gasteiger charge is 2.16. The van der Waals surface area contributed by atoms with Gasteiger partial charge in [-0.2, -0.15) is 5.26 Å². The number of nitrogens with one attached hydrogen (secondary N) is 2. The van der Waals surface area contributed by atoms with Crippen molar-refractivity contribution >= 4 is 26.6 Å². The van der Waals surface area contributed by atoms with Crippen molar-refractivity contribution < 1.29 is 8.42 Å². The number of anilines is 1. The molecule has 0 saturated carbocycles. The molecule has 0 radical (unpaired) electrons. The number of hydrogen-bond acceptors (Lipinski definition) is 4. The highest BCUT2D eigenvalue weighted by molar-refractivity contribution is 7.92. The van der Waals surface area contributed by atoms with E-state index in [-0.39, 0.29) is 21.7 Å². The van der Waals surface area contributed by atoms with Gasteiger partial charge in [-0.3, -0.25) is 19.3 Å². The van der Waals surface area contributed by atoms with E-state index in [1.54, 1.807) is 12.1 Å². The normalized spacial score (nSPS) is 11.6. The molecule has 7 nitrogen and oxygen atoms in total. The van der Waals surface area contributed by atoms with Crippen LogP contribution >= 0.6 is 0 Å². The molecule has 0 atom stereocenters. The lowest BCUT2D eigenvalue weighted by molar-refractivity contribution is 0.476. The molecule has 1 aromatic heterocycles. The standard InChI is InChI=1S/C18H18N4O3S/c1-12(2)11-22-18(23)16-9-14(6-7-17(16)20-22)21-26(24,25)15-5-3-4-13(8-15)10-19/h3-9,12,20-21H,11H2,1-2H3. The Hall–Kier alpha value is -3.05. The molecule has 134 valence electrons. The van der Waals surface area contributed by atoms with Gasteiger partial charge in [-0.05, 0) is 42.3 Å². The summed E-state index contributed by atoms with van der Waals surface area (Å²) in [6.07, 6.45) is 0. The summed E-state index contributed by atoms with van der Waals surface area (Å²) in [5.74, 6) is 0.297. The van der Waals surface area contributed by atoms with Gasteiger partial charge in [-0.15, -0.1) is 0 Å². The summed E-state index contributed by atoms with van der Waals surface area (Å²) >= 11 is 0. The fourth-order valence-electron chi connectivity index (χ4n) is 2.66. The van der Waals surface area contributed by atoms with Gasteiger partial charge in [0, 0.05) is 12.2 Å². The second-order valence-electron chi connectivity index (χ2n) is 6.43. The van der Waals surface area contributed by atoms with Crippen LogP contribution in [0.25, 0.3) is 10.9 Å². The Kier molecular flexibility index (Phi) is 4.57. The van der Waals surface area contributed by atoms with Crippen molar-refractivity contribution in [2.75, 3.05) is 4.72 Å². The van der Waals surface area contributed by atoms with Crippen molar-refractivity contribution in [1.82, 2.24) is 9.78 Å². The van der Waals surface area contributed by atoms with Crippen molar-refractivity contribution in [2.24, 2.45) is 5.92 Å². The van der Waals surface area contributed by atoms with Gasteiger partial charge in [-0.1, -0.05) is 19.9 Å². The lowest BCUT2D eigenvalue weighted by Crippen LogP contribution is -2.19. The Balaban J connectivity index is 1.97. The fourth-order valence-corrected chi connectivity index (χ4v) is 3.76. The van der Waals surface area contributed by atoms with E-state index in [2.05, 4.69) is 9.82 Å². The number of benzene rings is 2. The third-order valence-electron chi connectivity index (χ3n) is 3.82. The van der Waals surface area contributed by atoms with Crippen LogP contribution in [0, 0.1) is 17.2 Å². The van der Waals surface area contributed by atoms with Crippen LogP contribution in [-0.4, -0.2) is 18.2 Å². The van der Waals surface area contributed by atoms with Gasteiger partial charge in [0.25, 0.3) is 15.6 Å². The van der Waals surface area contributed by atoms with Crippen molar-refractivity contribution in [2.45, 2.75) is 25.3 Å². The van der Waals surface area contributed by atoms with E-state index in [0.29, 0.717) is 23.4 Å². The van der Waals surface area contributed by atoms with Gasteiger partial charge >= 0.3 is 0 Å². The average Bonchev–Trinajstić information content (AvgIpc) is 2.90. The molecule has 26 heavy (non-hydrogen) atoms. The summed E-state index contributed by atoms with van der Waals surface area (Å²) in [4.78, 5) is 12.4. The zero-order chi connectivity index (χ0) is 18.9. The maximum Gasteiger partial charge on any atom is 0.274 e. The second-order valence-corrected chi connectivity index (χ2v) is 8.11.